The maximum absolute atomic E-state index is 12.6. The zero-order valence-electron chi connectivity index (χ0n) is 15.9. The van der Waals surface area contributed by atoms with E-state index in [4.69, 9.17) is 0 Å². The van der Waals surface area contributed by atoms with E-state index in [1.165, 1.54) is 10.7 Å². The van der Waals surface area contributed by atoms with Crippen molar-refractivity contribution in [1.82, 2.24) is 20.1 Å². The quantitative estimate of drug-likeness (QED) is 0.419. The SMILES string of the molecule is COC(=O)c1cc(C(=O)Nc2nc(C3CCNCC3)nn2C)cc([N+](=O)[O-])c1.Cl. The number of benzene rings is 1. The van der Waals surface area contributed by atoms with Crippen molar-refractivity contribution in [3.8, 4) is 0 Å². The van der Waals surface area contributed by atoms with Crippen LogP contribution in [0.3, 0.4) is 0 Å². The molecule has 1 aromatic carbocycles. The van der Waals surface area contributed by atoms with E-state index in [1.54, 1.807) is 7.05 Å². The van der Waals surface area contributed by atoms with Crippen molar-refractivity contribution in [1.29, 1.82) is 0 Å². The molecule has 0 aliphatic carbocycles. The minimum atomic E-state index is -0.774. The lowest BCUT2D eigenvalue weighted by atomic mass is 9.98. The minimum Gasteiger partial charge on any atom is -0.465 e. The van der Waals surface area contributed by atoms with Gasteiger partial charge in [-0.3, -0.25) is 20.2 Å². The van der Waals surface area contributed by atoms with Crippen molar-refractivity contribution in [3.63, 3.8) is 0 Å². The van der Waals surface area contributed by atoms with Crippen molar-refractivity contribution >= 4 is 35.9 Å². The standard InChI is InChI=1S/C17H20N6O5.ClH/c1-22-17(19-14(21-22)10-3-5-18-6-4-10)20-15(24)11-7-12(16(25)28-2)9-13(8-11)23(26)27;/h7-10,18H,3-6H2,1-2H3,(H,19,20,21,24);1H. The molecule has 2 aromatic rings. The number of nitrogens with one attached hydrogen (secondary N) is 2. The summed E-state index contributed by atoms with van der Waals surface area (Å²) in [6.45, 7) is 1.77. The molecule has 0 bridgehead atoms. The van der Waals surface area contributed by atoms with Crippen molar-refractivity contribution in [3.05, 3.63) is 45.3 Å². The van der Waals surface area contributed by atoms with Crippen molar-refractivity contribution < 1.29 is 19.2 Å². The number of halogens is 1. The minimum absolute atomic E-state index is 0. The summed E-state index contributed by atoms with van der Waals surface area (Å²) in [6.07, 6.45) is 1.82. The molecule has 1 amide bonds. The van der Waals surface area contributed by atoms with Gasteiger partial charge in [-0.25, -0.2) is 9.48 Å². The normalized spacial score (nSPS) is 14.0. The van der Waals surface area contributed by atoms with E-state index < -0.39 is 16.8 Å². The zero-order valence-corrected chi connectivity index (χ0v) is 16.7. The number of ether oxygens (including phenoxy) is 1. The van der Waals surface area contributed by atoms with Crippen LogP contribution in [-0.4, -0.2) is 51.8 Å². The first-order valence-electron chi connectivity index (χ1n) is 8.70. The van der Waals surface area contributed by atoms with Gasteiger partial charge in [-0.2, -0.15) is 10.1 Å². The van der Waals surface area contributed by atoms with Crippen LogP contribution in [0.4, 0.5) is 11.6 Å². The largest absolute Gasteiger partial charge is 0.465 e. The summed E-state index contributed by atoms with van der Waals surface area (Å²) in [5.74, 6) is -0.328. The third-order valence-electron chi connectivity index (χ3n) is 4.52. The molecule has 29 heavy (non-hydrogen) atoms. The average molecular weight is 425 g/mol. The van der Waals surface area contributed by atoms with Gasteiger partial charge in [-0.1, -0.05) is 0 Å². The predicted molar refractivity (Wildman–Crippen MR) is 105 cm³/mol. The van der Waals surface area contributed by atoms with Gasteiger partial charge >= 0.3 is 5.97 Å². The number of rotatable bonds is 5. The number of piperidine rings is 1. The van der Waals surface area contributed by atoms with Crippen molar-refractivity contribution in [2.75, 3.05) is 25.5 Å². The first kappa shape index (κ1) is 22.2. The molecular formula is C17H21ClN6O5. The molecule has 0 spiro atoms. The Balaban J connectivity index is 0.00000300. The number of non-ortho nitro benzene ring substituents is 1. The Bertz CT molecular complexity index is 925. The molecule has 1 saturated heterocycles. The summed E-state index contributed by atoms with van der Waals surface area (Å²) in [7, 11) is 2.81. The monoisotopic (exact) mass is 424 g/mol. The lowest BCUT2D eigenvalue weighted by Crippen LogP contribution is -2.27. The van der Waals surface area contributed by atoms with Crippen LogP contribution in [0.5, 0.6) is 0 Å². The van der Waals surface area contributed by atoms with Gasteiger partial charge in [-0.15, -0.1) is 12.4 Å². The molecule has 2 N–H and O–H groups in total. The molecule has 2 heterocycles. The number of carbonyl (C=O) groups excluding carboxylic acids is 2. The van der Waals surface area contributed by atoms with Gasteiger partial charge < -0.3 is 10.1 Å². The Morgan fingerprint density at radius 1 is 1.28 bits per heavy atom. The lowest BCUT2D eigenvalue weighted by Gasteiger charge is -2.19. The number of esters is 1. The summed E-state index contributed by atoms with van der Waals surface area (Å²) in [4.78, 5) is 39.2. The fourth-order valence-corrected chi connectivity index (χ4v) is 3.02. The Morgan fingerprint density at radius 2 is 1.93 bits per heavy atom. The Labute approximate surface area is 172 Å². The maximum atomic E-state index is 12.6. The molecule has 1 aliphatic rings. The van der Waals surface area contributed by atoms with Crippen LogP contribution >= 0.6 is 12.4 Å². The molecule has 0 unspecified atom stereocenters. The summed E-state index contributed by atoms with van der Waals surface area (Å²) in [5.41, 5.74) is -0.530. The fourth-order valence-electron chi connectivity index (χ4n) is 3.02. The van der Waals surface area contributed by atoms with Crippen LogP contribution in [0.15, 0.2) is 18.2 Å². The second-order valence-electron chi connectivity index (χ2n) is 6.41. The van der Waals surface area contributed by atoms with E-state index in [-0.39, 0.29) is 41.1 Å². The van der Waals surface area contributed by atoms with Crippen LogP contribution in [-0.2, 0) is 11.8 Å². The van der Waals surface area contributed by atoms with Crippen LogP contribution in [0, 0.1) is 10.1 Å². The van der Waals surface area contributed by atoms with Crippen LogP contribution < -0.4 is 10.6 Å². The summed E-state index contributed by atoms with van der Waals surface area (Å²) in [6, 6.07) is 3.38. The van der Waals surface area contributed by atoms with Gasteiger partial charge in [0, 0.05) is 30.7 Å². The number of aryl methyl sites for hydroxylation is 1. The number of methoxy groups -OCH3 is 1. The van der Waals surface area contributed by atoms with Crippen LogP contribution in [0.2, 0.25) is 0 Å². The van der Waals surface area contributed by atoms with Crippen molar-refractivity contribution in [2.45, 2.75) is 18.8 Å². The number of anilines is 1. The number of carbonyl (C=O) groups is 2. The van der Waals surface area contributed by atoms with E-state index in [1.807, 2.05) is 0 Å². The summed E-state index contributed by atoms with van der Waals surface area (Å²) in [5, 5.41) is 21.4. The first-order valence-corrected chi connectivity index (χ1v) is 8.70. The molecule has 0 radical (unpaired) electrons. The third-order valence-corrected chi connectivity index (χ3v) is 4.52. The Hall–Kier alpha value is -3.05. The molecule has 1 aromatic heterocycles. The van der Waals surface area contributed by atoms with Gasteiger partial charge in [0.05, 0.1) is 17.6 Å². The second-order valence-corrected chi connectivity index (χ2v) is 6.41. The van der Waals surface area contributed by atoms with Crippen LogP contribution in [0.25, 0.3) is 0 Å². The number of hydrogen-bond donors (Lipinski definition) is 2. The number of amides is 1. The van der Waals surface area contributed by atoms with E-state index in [9.17, 15) is 19.7 Å². The molecule has 1 fully saturated rings. The molecule has 0 atom stereocenters. The Morgan fingerprint density at radius 3 is 2.55 bits per heavy atom. The molecule has 0 saturated carbocycles. The van der Waals surface area contributed by atoms with E-state index in [2.05, 4.69) is 25.5 Å². The zero-order chi connectivity index (χ0) is 20.3. The van der Waals surface area contributed by atoms with Crippen LogP contribution in [0.1, 0.15) is 45.3 Å². The highest BCUT2D eigenvalue weighted by molar-refractivity contribution is 6.05. The topological polar surface area (TPSA) is 141 Å². The molecule has 156 valence electrons. The molecule has 12 heteroatoms. The van der Waals surface area contributed by atoms with Gasteiger partial charge in [0.25, 0.3) is 11.6 Å². The number of nitrogens with zero attached hydrogens (tertiary/aromatic N) is 4. The highest BCUT2D eigenvalue weighted by Gasteiger charge is 2.23. The third kappa shape index (κ3) is 5.06. The fraction of sp³-hybridized carbons (Fsp3) is 0.412. The number of aromatic nitrogens is 3. The van der Waals surface area contributed by atoms with Gasteiger partial charge in [0.15, 0.2) is 5.82 Å². The lowest BCUT2D eigenvalue weighted by molar-refractivity contribution is -0.384. The van der Waals surface area contributed by atoms with Crippen molar-refractivity contribution in [2.24, 2.45) is 7.05 Å². The molecular weight excluding hydrogens is 404 g/mol. The molecule has 3 rings (SSSR count). The van der Waals surface area contributed by atoms with E-state index in [0.717, 1.165) is 45.2 Å². The average Bonchev–Trinajstić information content (AvgIpc) is 3.07. The number of nitro groups is 1. The van der Waals surface area contributed by atoms with E-state index in [0.29, 0.717) is 5.82 Å². The highest BCUT2D eigenvalue weighted by Crippen LogP contribution is 2.24. The second kappa shape index (κ2) is 9.43. The summed E-state index contributed by atoms with van der Waals surface area (Å²) >= 11 is 0. The van der Waals surface area contributed by atoms with Gasteiger partial charge in [0.1, 0.15) is 0 Å². The van der Waals surface area contributed by atoms with Gasteiger partial charge in [-0.05, 0) is 32.0 Å². The Kier molecular flexibility index (Phi) is 7.23. The smallest absolute Gasteiger partial charge is 0.338 e. The molecule has 11 nitrogen and oxygen atoms in total. The molecule has 1 aliphatic heterocycles. The predicted octanol–water partition coefficient (Wildman–Crippen LogP) is 1.65. The maximum Gasteiger partial charge on any atom is 0.338 e. The number of nitro benzene ring substituents is 1. The highest BCUT2D eigenvalue weighted by atomic mass is 35.5. The van der Waals surface area contributed by atoms with E-state index >= 15 is 0 Å². The first-order chi connectivity index (χ1) is 13.4. The number of hydrogen-bond acceptors (Lipinski definition) is 8. The summed E-state index contributed by atoms with van der Waals surface area (Å²) < 4.78 is 6.04. The van der Waals surface area contributed by atoms with Gasteiger partial charge in [0.2, 0.25) is 5.95 Å².